The summed E-state index contributed by atoms with van der Waals surface area (Å²) in [6, 6.07) is 77.1. The van der Waals surface area contributed by atoms with Gasteiger partial charge < -0.3 is 9.32 Å². The highest BCUT2D eigenvalue weighted by Gasteiger charge is 2.23. The first-order valence-corrected chi connectivity index (χ1v) is 19.9. The molecule has 0 amide bonds. The van der Waals surface area contributed by atoms with Crippen LogP contribution in [-0.4, -0.2) is 0 Å². The number of rotatable bonds is 5. The molecule has 2 nitrogen and oxygen atoms in total. The van der Waals surface area contributed by atoms with Crippen LogP contribution in [0.25, 0.3) is 98.1 Å². The average molecular weight is 738 g/mol. The Hall–Kier alpha value is -7.68. The van der Waals surface area contributed by atoms with E-state index in [1.165, 1.54) is 65.0 Å². The predicted octanol–water partition coefficient (Wildman–Crippen LogP) is 16.2. The van der Waals surface area contributed by atoms with Gasteiger partial charge in [0.15, 0.2) is 0 Å². The summed E-state index contributed by atoms with van der Waals surface area (Å²) in [7, 11) is 0. The number of furan rings is 1. The van der Waals surface area contributed by atoms with Gasteiger partial charge in [0, 0.05) is 22.3 Å². The van der Waals surface area contributed by atoms with Crippen LogP contribution in [0.1, 0.15) is 0 Å². The third-order valence-electron chi connectivity index (χ3n) is 12.0. The highest BCUT2D eigenvalue weighted by atomic mass is 16.3. The number of anilines is 3. The van der Waals surface area contributed by atoms with Gasteiger partial charge in [-0.3, -0.25) is 0 Å². The first-order chi connectivity index (χ1) is 28.7. The van der Waals surface area contributed by atoms with E-state index in [9.17, 15) is 0 Å². The maximum Gasteiger partial charge on any atom is 0.145 e. The molecule has 0 saturated heterocycles. The van der Waals surface area contributed by atoms with Crippen molar-refractivity contribution in [3.05, 3.63) is 212 Å². The summed E-state index contributed by atoms with van der Waals surface area (Å²) in [5.74, 6) is 0. The van der Waals surface area contributed by atoms with Crippen LogP contribution in [0.3, 0.4) is 0 Å². The minimum Gasteiger partial charge on any atom is -0.455 e. The van der Waals surface area contributed by atoms with Crippen molar-refractivity contribution in [3.63, 3.8) is 0 Å². The predicted molar refractivity (Wildman–Crippen MR) is 247 cm³/mol. The Morgan fingerprint density at radius 3 is 1.64 bits per heavy atom. The summed E-state index contributed by atoms with van der Waals surface area (Å²) in [6.07, 6.45) is 0. The molecule has 0 unspecified atom stereocenters. The number of hydrogen-bond acceptors (Lipinski definition) is 2. The molecule has 0 spiro atoms. The van der Waals surface area contributed by atoms with Gasteiger partial charge in [0.2, 0.25) is 0 Å². The minimum absolute atomic E-state index is 0.871. The molecule has 1 aromatic heterocycles. The zero-order valence-electron chi connectivity index (χ0n) is 31.6. The number of fused-ring (bicyclic) bond motifs is 10. The van der Waals surface area contributed by atoms with Gasteiger partial charge >= 0.3 is 0 Å². The largest absolute Gasteiger partial charge is 0.455 e. The van der Waals surface area contributed by atoms with E-state index in [2.05, 4.69) is 217 Å². The van der Waals surface area contributed by atoms with Crippen LogP contribution < -0.4 is 4.90 Å². The van der Waals surface area contributed by atoms with E-state index in [0.29, 0.717) is 0 Å². The van der Waals surface area contributed by atoms with Gasteiger partial charge in [-0.1, -0.05) is 164 Å². The van der Waals surface area contributed by atoms with Crippen LogP contribution in [-0.2, 0) is 0 Å². The highest BCUT2D eigenvalue weighted by Crippen LogP contribution is 2.48. The van der Waals surface area contributed by atoms with Crippen LogP contribution in [0.2, 0.25) is 0 Å². The summed E-state index contributed by atoms with van der Waals surface area (Å²) in [4.78, 5) is 2.41. The van der Waals surface area contributed by atoms with Crippen LogP contribution in [0.4, 0.5) is 17.1 Å². The fraction of sp³-hybridized carbons (Fsp3) is 0. The fourth-order valence-electron chi connectivity index (χ4n) is 9.22. The number of para-hydroxylation sites is 1. The van der Waals surface area contributed by atoms with Crippen LogP contribution in [0.15, 0.2) is 217 Å². The molecule has 1 heterocycles. The van der Waals surface area contributed by atoms with Crippen molar-refractivity contribution in [3.8, 4) is 22.3 Å². The Labute approximate surface area is 335 Å². The molecule has 0 fully saturated rings. The topological polar surface area (TPSA) is 16.4 Å². The van der Waals surface area contributed by atoms with Crippen molar-refractivity contribution in [2.24, 2.45) is 0 Å². The highest BCUT2D eigenvalue weighted by molar-refractivity contribution is 6.19. The molecule has 12 rings (SSSR count). The average Bonchev–Trinajstić information content (AvgIpc) is 3.69. The molecular weight excluding hydrogens is 703 g/mol. The lowest BCUT2D eigenvalue weighted by atomic mass is 9.95. The molecule has 58 heavy (non-hydrogen) atoms. The van der Waals surface area contributed by atoms with Gasteiger partial charge in [-0.25, -0.2) is 0 Å². The van der Waals surface area contributed by atoms with Gasteiger partial charge in [-0.05, 0) is 119 Å². The van der Waals surface area contributed by atoms with E-state index in [1.54, 1.807) is 0 Å². The van der Waals surface area contributed by atoms with E-state index in [-0.39, 0.29) is 0 Å². The Bertz CT molecular complexity index is 3570. The van der Waals surface area contributed by atoms with E-state index in [1.807, 2.05) is 0 Å². The first-order valence-electron chi connectivity index (χ1n) is 19.9. The second-order valence-electron chi connectivity index (χ2n) is 15.3. The van der Waals surface area contributed by atoms with E-state index < -0.39 is 0 Å². The van der Waals surface area contributed by atoms with Gasteiger partial charge in [-0.2, -0.15) is 0 Å². The molecule has 2 heteroatoms. The van der Waals surface area contributed by atoms with Crippen molar-refractivity contribution in [1.29, 1.82) is 0 Å². The molecule has 0 aliphatic carbocycles. The van der Waals surface area contributed by atoms with Gasteiger partial charge in [0.25, 0.3) is 0 Å². The summed E-state index contributed by atoms with van der Waals surface area (Å²) in [5.41, 5.74) is 9.57. The molecule has 0 N–H and O–H groups in total. The van der Waals surface area contributed by atoms with E-state index in [0.717, 1.165) is 50.1 Å². The van der Waals surface area contributed by atoms with Gasteiger partial charge in [0.05, 0.1) is 11.1 Å². The molecule has 0 radical (unpaired) electrons. The lowest BCUT2D eigenvalue weighted by molar-refractivity contribution is 0.670. The van der Waals surface area contributed by atoms with E-state index >= 15 is 0 Å². The summed E-state index contributed by atoms with van der Waals surface area (Å²) >= 11 is 0. The summed E-state index contributed by atoms with van der Waals surface area (Å²) in [6.45, 7) is 0. The van der Waals surface area contributed by atoms with Crippen LogP contribution >= 0.6 is 0 Å². The van der Waals surface area contributed by atoms with Crippen molar-refractivity contribution in [2.45, 2.75) is 0 Å². The van der Waals surface area contributed by atoms with Crippen molar-refractivity contribution < 1.29 is 4.42 Å². The second kappa shape index (κ2) is 12.9. The fourth-order valence-corrected chi connectivity index (χ4v) is 9.22. The maximum absolute atomic E-state index is 6.88. The number of hydrogen-bond donors (Lipinski definition) is 0. The lowest BCUT2D eigenvalue weighted by Gasteiger charge is -2.27. The number of nitrogens with zero attached hydrogens (tertiary/aromatic N) is 1. The molecule has 0 bridgehead atoms. The van der Waals surface area contributed by atoms with Crippen molar-refractivity contribution in [2.75, 3.05) is 4.90 Å². The molecule has 12 aromatic rings. The molecular formula is C56H35NO. The first kappa shape index (κ1) is 32.6. The molecule has 270 valence electrons. The zero-order chi connectivity index (χ0) is 38.2. The van der Waals surface area contributed by atoms with Gasteiger partial charge in [0.1, 0.15) is 11.2 Å². The third-order valence-corrected chi connectivity index (χ3v) is 12.0. The monoisotopic (exact) mass is 737 g/mol. The quantitative estimate of drug-likeness (QED) is 0.164. The Kier molecular flexibility index (Phi) is 7.26. The Morgan fingerprint density at radius 1 is 0.310 bits per heavy atom. The molecule has 0 atom stereocenters. The van der Waals surface area contributed by atoms with Crippen molar-refractivity contribution in [1.82, 2.24) is 0 Å². The maximum atomic E-state index is 6.88. The zero-order valence-corrected chi connectivity index (χ0v) is 31.6. The summed E-state index contributed by atoms with van der Waals surface area (Å²) < 4.78 is 6.88. The molecule has 0 aliphatic heterocycles. The third kappa shape index (κ3) is 5.12. The Balaban J connectivity index is 1.08. The molecule has 0 aliphatic rings. The normalized spacial score (nSPS) is 11.8. The van der Waals surface area contributed by atoms with Crippen LogP contribution in [0, 0.1) is 0 Å². The molecule has 0 saturated carbocycles. The standard InChI is InChI=1S/C56H35NO/c1-5-15-46-37(10-1)13-9-18-49(46)50-32-33-53(55-51-17-7-8-19-54(51)58-56(50)55)57(44-30-31-48-42(34-44)25-23-38-11-2-4-14-45(38)48)43-28-26-36(27-29-43)41-24-22-40-21-20-39-12-3-6-16-47(39)52(40)35-41/h1-35H. The summed E-state index contributed by atoms with van der Waals surface area (Å²) in [5, 5.41) is 14.6. The van der Waals surface area contributed by atoms with Crippen LogP contribution in [0.5, 0.6) is 0 Å². The second-order valence-corrected chi connectivity index (χ2v) is 15.3. The minimum atomic E-state index is 0.871. The van der Waals surface area contributed by atoms with Gasteiger partial charge in [-0.15, -0.1) is 0 Å². The smallest absolute Gasteiger partial charge is 0.145 e. The SMILES string of the molecule is c1ccc2c(-c3ccc(N(c4ccc(-c5ccc6ccc7ccccc7c6c5)cc4)c4ccc5c(ccc6ccccc65)c4)c4c3oc3ccccc34)cccc2c1. The van der Waals surface area contributed by atoms with E-state index in [4.69, 9.17) is 4.42 Å². The molecule has 11 aromatic carbocycles. The number of benzene rings is 11. The van der Waals surface area contributed by atoms with Crippen molar-refractivity contribution >= 4 is 92.9 Å². The lowest BCUT2D eigenvalue weighted by Crippen LogP contribution is -2.10. The Morgan fingerprint density at radius 2 is 0.862 bits per heavy atom.